The van der Waals surface area contributed by atoms with Crippen LogP contribution in [0.5, 0.6) is 0 Å². The first kappa shape index (κ1) is 11.1. The van der Waals surface area contributed by atoms with Crippen LogP contribution in [0, 0.1) is 10.1 Å². The summed E-state index contributed by atoms with van der Waals surface area (Å²) in [5.74, 6) is -0.919. The standard InChI is InChI=1S/C9H9NO5/c1-6(11)15-9(12)7-4-2-3-5-8(7)10(13)14/h2-6,11H,1H3. The van der Waals surface area contributed by atoms with Gasteiger partial charge in [-0.3, -0.25) is 10.1 Å². The summed E-state index contributed by atoms with van der Waals surface area (Å²) >= 11 is 0. The molecule has 1 aromatic carbocycles. The van der Waals surface area contributed by atoms with Crippen molar-refractivity contribution in [3.63, 3.8) is 0 Å². The van der Waals surface area contributed by atoms with Gasteiger partial charge in [-0.1, -0.05) is 12.1 Å². The molecule has 0 saturated carbocycles. The zero-order valence-electron chi connectivity index (χ0n) is 7.91. The number of rotatable bonds is 3. The van der Waals surface area contributed by atoms with E-state index in [1.54, 1.807) is 0 Å². The van der Waals surface area contributed by atoms with Gasteiger partial charge in [-0.2, -0.15) is 0 Å². The van der Waals surface area contributed by atoms with Gasteiger partial charge >= 0.3 is 5.97 Å². The van der Waals surface area contributed by atoms with Crippen LogP contribution in [0.1, 0.15) is 17.3 Å². The second-order valence-corrected chi connectivity index (χ2v) is 2.78. The van der Waals surface area contributed by atoms with Gasteiger partial charge in [0.1, 0.15) is 5.56 Å². The van der Waals surface area contributed by atoms with Gasteiger partial charge in [0.2, 0.25) is 0 Å². The van der Waals surface area contributed by atoms with E-state index in [1.807, 2.05) is 0 Å². The third-order valence-corrected chi connectivity index (χ3v) is 1.60. The summed E-state index contributed by atoms with van der Waals surface area (Å²) < 4.78 is 4.44. The number of hydrogen-bond donors (Lipinski definition) is 1. The smallest absolute Gasteiger partial charge is 0.347 e. The van der Waals surface area contributed by atoms with Gasteiger partial charge in [-0.05, 0) is 13.0 Å². The molecule has 6 nitrogen and oxygen atoms in total. The Morgan fingerprint density at radius 1 is 1.53 bits per heavy atom. The van der Waals surface area contributed by atoms with Crippen molar-refractivity contribution in [2.45, 2.75) is 13.2 Å². The Hall–Kier alpha value is -1.95. The summed E-state index contributed by atoms with van der Waals surface area (Å²) in [6.45, 7) is 1.24. The molecule has 0 aliphatic carbocycles. The predicted molar refractivity (Wildman–Crippen MR) is 50.2 cm³/mol. The molecule has 1 atom stereocenters. The zero-order chi connectivity index (χ0) is 11.4. The monoisotopic (exact) mass is 211 g/mol. The second-order valence-electron chi connectivity index (χ2n) is 2.78. The molecule has 1 rings (SSSR count). The molecule has 0 aliphatic rings. The number of esters is 1. The largest absolute Gasteiger partial charge is 0.433 e. The van der Waals surface area contributed by atoms with E-state index in [0.29, 0.717) is 0 Å². The van der Waals surface area contributed by atoms with E-state index < -0.39 is 17.2 Å². The SMILES string of the molecule is CC(O)OC(=O)c1ccccc1[N+](=O)[O-]. The van der Waals surface area contributed by atoms with Crippen LogP contribution < -0.4 is 0 Å². The maximum Gasteiger partial charge on any atom is 0.347 e. The fourth-order valence-electron chi connectivity index (χ4n) is 1.02. The molecule has 0 radical (unpaired) electrons. The molecule has 1 aromatic rings. The van der Waals surface area contributed by atoms with Gasteiger partial charge in [-0.15, -0.1) is 0 Å². The minimum atomic E-state index is -1.29. The van der Waals surface area contributed by atoms with E-state index in [1.165, 1.54) is 31.2 Å². The van der Waals surface area contributed by atoms with Crippen LogP contribution >= 0.6 is 0 Å². The molecule has 6 heteroatoms. The van der Waals surface area contributed by atoms with Gasteiger partial charge < -0.3 is 9.84 Å². The lowest BCUT2D eigenvalue weighted by Gasteiger charge is -2.06. The fourth-order valence-corrected chi connectivity index (χ4v) is 1.02. The van der Waals surface area contributed by atoms with Crippen LogP contribution in [0.4, 0.5) is 5.69 Å². The first-order chi connectivity index (χ1) is 7.02. The number of carbonyl (C=O) groups excluding carboxylic acids is 1. The third kappa shape index (κ3) is 2.75. The Kier molecular flexibility index (Phi) is 3.35. The number of nitrogens with zero attached hydrogens (tertiary/aromatic N) is 1. The van der Waals surface area contributed by atoms with E-state index in [2.05, 4.69) is 4.74 Å². The quantitative estimate of drug-likeness (QED) is 0.350. The van der Waals surface area contributed by atoms with E-state index in [0.717, 1.165) is 0 Å². The Labute approximate surface area is 85.2 Å². The normalized spacial score (nSPS) is 11.9. The lowest BCUT2D eigenvalue weighted by Crippen LogP contribution is -2.15. The number of aliphatic hydroxyl groups excluding tert-OH is 1. The minimum absolute atomic E-state index is 0.177. The van der Waals surface area contributed by atoms with Crippen LogP contribution in [0.2, 0.25) is 0 Å². The van der Waals surface area contributed by atoms with Crippen LogP contribution in [-0.4, -0.2) is 22.3 Å². The van der Waals surface area contributed by atoms with Crippen LogP contribution in [-0.2, 0) is 4.74 Å². The fraction of sp³-hybridized carbons (Fsp3) is 0.222. The van der Waals surface area contributed by atoms with Gasteiger partial charge in [0.15, 0.2) is 6.29 Å². The Bertz CT molecular complexity index is 388. The number of benzene rings is 1. The van der Waals surface area contributed by atoms with Crippen molar-refractivity contribution in [2.24, 2.45) is 0 Å². The van der Waals surface area contributed by atoms with E-state index in [9.17, 15) is 14.9 Å². The highest BCUT2D eigenvalue weighted by molar-refractivity contribution is 5.93. The number of ether oxygens (including phenoxy) is 1. The molecule has 80 valence electrons. The summed E-state index contributed by atoms with van der Waals surface area (Å²) in [5, 5.41) is 19.3. The molecular formula is C9H9NO5. The first-order valence-corrected chi connectivity index (χ1v) is 4.15. The summed E-state index contributed by atoms with van der Waals surface area (Å²) in [7, 11) is 0. The molecule has 0 saturated heterocycles. The lowest BCUT2D eigenvalue weighted by atomic mass is 10.2. The molecule has 1 N–H and O–H groups in total. The van der Waals surface area contributed by atoms with E-state index in [-0.39, 0.29) is 11.3 Å². The molecule has 0 heterocycles. The highest BCUT2D eigenvalue weighted by Gasteiger charge is 2.21. The maximum absolute atomic E-state index is 11.3. The molecular weight excluding hydrogens is 202 g/mol. The van der Waals surface area contributed by atoms with Crippen LogP contribution in [0.3, 0.4) is 0 Å². The number of para-hydroxylation sites is 1. The Morgan fingerprint density at radius 3 is 2.67 bits per heavy atom. The topological polar surface area (TPSA) is 89.7 Å². The first-order valence-electron chi connectivity index (χ1n) is 4.15. The summed E-state index contributed by atoms with van der Waals surface area (Å²) in [4.78, 5) is 21.2. The summed E-state index contributed by atoms with van der Waals surface area (Å²) in [6, 6.07) is 5.38. The number of hydrogen-bond acceptors (Lipinski definition) is 5. The van der Waals surface area contributed by atoms with Crippen molar-refractivity contribution in [1.29, 1.82) is 0 Å². The van der Waals surface area contributed by atoms with Crippen LogP contribution in [0.15, 0.2) is 24.3 Å². The molecule has 0 bridgehead atoms. The van der Waals surface area contributed by atoms with Crippen molar-refractivity contribution in [3.8, 4) is 0 Å². The van der Waals surface area contributed by atoms with Gasteiger partial charge in [-0.25, -0.2) is 4.79 Å². The van der Waals surface area contributed by atoms with Gasteiger partial charge in [0.25, 0.3) is 5.69 Å². The minimum Gasteiger partial charge on any atom is -0.433 e. The van der Waals surface area contributed by atoms with Gasteiger partial charge in [0.05, 0.1) is 4.92 Å². The van der Waals surface area contributed by atoms with Crippen molar-refractivity contribution >= 4 is 11.7 Å². The van der Waals surface area contributed by atoms with Crippen molar-refractivity contribution in [2.75, 3.05) is 0 Å². The molecule has 1 unspecified atom stereocenters. The highest BCUT2D eigenvalue weighted by Crippen LogP contribution is 2.18. The summed E-state index contributed by atoms with van der Waals surface area (Å²) in [6.07, 6.45) is -1.29. The average Bonchev–Trinajstić information content (AvgIpc) is 2.16. The number of aliphatic hydroxyl groups is 1. The van der Waals surface area contributed by atoms with E-state index >= 15 is 0 Å². The molecule has 0 aromatic heterocycles. The molecule has 0 amide bonds. The van der Waals surface area contributed by atoms with Crippen molar-refractivity contribution < 1.29 is 19.6 Å². The predicted octanol–water partition coefficient (Wildman–Crippen LogP) is 1.09. The Morgan fingerprint density at radius 2 is 2.13 bits per heavy atom. The zero-order valence-corrected chi connectivity index (χ0v) is 7.91. The van der Waals surface area contributed by atoms with Crippen LogP contribution in [0.25, 0.3) is 0 Å². The number of carbonyl (C=O) groups is 1. The van der Waals surface area contributed by atoms with E-state index in [4.69, 9.17) is 5.11 Å². The molecule has 0 aliphatic heterocycles. The van der Waals surface area contributed by atoms with Crippen molar-refractivity contribution in [3.05, 3.63) is 39.9 Å². The Balaban J connectivity index is 3.03. The molecule has 15 heavy (non-hydrogen) atoms. The van der Waals surface area contributed by atoms with Crippen molar-refractivity contribution in [1.82, 2.24) is 0 Å². The maximum atomic E-state index is 11.3. The van der Waals surface area contributed by atoms with Gasteiger partial charge in [0, 0.05) is 6.07 Å². The molecule has 0 fully saturated rings. The number of nitro groups is 1. The summed E-state index contributed by atoms with van der Waals surface area (Å²) in [5.41, 5.74) is -0.522. The lowest BCUT2D eigenvalue weighted by molar-refractivity contribution is -0.385. The average molecular weight is 211 g/mol. The molecule has 0 spiro atoms. The third-order valence-electron chi connectivity index (χ3n) is 1.60. The highest BCUT2D eigenvalue weighted by atomic mass is 16.6. The second kappa shape index (κ2) is 4.52. The number of nitro benzene ring substituents is 1.